The van der Waals surface area contributed by atoms with Crippen LogP contribution in [0.4, 0.5) is 0 Å². The minimum absolute atomic E-state index is 0.112. The number of hydrogen-bond donors (Lipinski definition) is 0. The van der Waals surface area contributed by atoms with E-state index in [0.717, 1.165) is 24.8 Å². The standard InChI is InChI=1S/C20H31N3O4S/c1-5-22(6-2)19(24)15-21-10-7-11-23(13-12-21)20(25)18-14-17(28(4,26)27)9-8-16(18)3/h8-9,14H,5-7,10-13,15H2,1-4H3. The van der Waals surface area contributed by atoms with Gasteiger partial charge in [-0.05, 0) is 44.9 Å². The average molecular weight is 410 g/mol. The van der Waals surface area contributed by atoms with Crippen molar-refractivity contribution in [2.45, 2.75) is 32.1 Å². The van der Waals surface area contributed by atoms with Crippen LogP contribution in [0.3, 0.4) is 0 Å². The first kappa shape index (κ1) is 22.4. The van der Waals surface area contributed by atoms with Crippen molar-refractivity contribution in [3.8, 4) is 0 Å². The lowest BCUT2D eigenvalue weighted by Crippen LogP contribution is -2.42. The Morgan fingerprint density at radius 1 is 1.07 bits per heavy atom. The van der Waals surface area contributed by atoms with Crippen LogP contribution in [0.2, 0.25) is 0 Å². The first-order valence-corrected chi connectivity index (χ1v) is 11.7. The molecule has 0 aliphatic carbocycles. The van der Waals surface area contributed by atoms with Gasteiger partial charge in [0, 0.05) is 51.1 Å². The maximum Gasteiger partial charge on any atom is 0.254 e. The highest BCUT2D eigenvalue weighted by molar-refractivity contribution is 7.90. The molecule has 0 N–H and O–H groups in total. The van der Waals surface area contributed by atoms with E-state index in [4.69, 9.17) is 0 Å². The van der Waals surface area contributed by atoms with Crippen LogP contribution < -0.4 is 0 Å². The summed E-state index contributed by atoms with van der Waals surface area (Å²) in [5.74, 6) is -0.0404. The molecule has 1 aliphatic rings. The summed E-state index contributed by atoms with van der Waals surface area (Å²) in [7, 11) is -3.37. The number of amides is 2. The fourth-order valence-electron chi connectivity index (χ4n) is 3.43. The van der Waals surface area contributed by atoms with Gasteiger partial charge in [-0.1, -0.05) is 6.07 Å². The number of likely N-dealkylation sites (N-methyl/N-ethyl adjacent to an activating group) is 1. The number of sulfone groups is 1. The highest BCUT2D eigenvalue weighted by Gasteiger charge is 2.24. The second kappa shape index (κ2) is 9.52. The molecule has 2 rings (SSSR count). The number of benzene rings is 1. The number of hydrogen-bond acceptors (Lipinski definition) is 5. The molecule has 1 saturated heterocycles. The van der Waals surface area contributed by atoms with Gasteiger partial charge in [-0.2, -0.15) is 0 Å². The third-order valence-electron chi connectivity index (χ3n) is 5.22. The highest BCUT2D eigenvalue weighted by Crippen LogP contribution is 2.18. The number of aryl methyl sites for hydroxylation is 1. The molecule has 1 aliphatic heterocycles. The molecule has 0 unspecified atom stereocenters. The molecule has 7 nitrogen and oxygen atoms in total. The highest BCUT2D eigenvalue weighted by atomic mass is 32.2. The summed E-state index contributed by atoms with van der Waals surface area (Å²) in [4.78, 5) is 31.2. The predicted octanol–water partition coefficient (Wildman–Crippen LogP) is 1.41. The molecule has 1 aromatic rings. The van der Waals surface area contributed by atoms with E-state index in [1.54, 1.807) is 11.0 Å². The van der Waals surface area contributed by atoms with Crippen LogP contribution in [-0.2, 0) is 14.6 Å². The van der Waals surface area contributed by atoms with Crippen molar-refractivity contribution in [1.29, 1.82) is 0 Å². The Bertz CT molecular complexity index is 819. The summed E-state index contributed by atoms with van der Waals surface area (Å²) >= 11 is 0. The largest absolute Gasteiger partial charge is 0.342 e. The predicted molar refractivity (Wildman–Crippen MR) is 109 cm³/mol. The fourth-order valence-corrected chi connectivity index (χ4v) is 4.08. The van der Waals surface area contributed by atoms with E-state index < -0.39 is 9.84 Å². The van der Waals surface area contributed by atoms with Crippen LogP contribution in [0.5, 0.6) is 0 Å². The smallest absolute Gasteiger partial charge is 0.254 e. The summed E-state index contributed by atoms with van der Waals surface area (Å²) in [6, 6.07) is 4.68. The SMILES string of the molecule is CCN(CC)C(=O)CN1CCCN(C(=O)c2cc(S(C)(=O)=O)ccc2C)CC1. The molecule has 1 aromatic carbocycles. The maximum atomic E-state index is 13.0. The first-order chi connectivity index (χ1) is 13.2. The lowest BCUT2D eigenvalue weighted by molar-refractivity contribution is -0.132. The van der Waals surface area contributed by atoms with Crippen LogP contribution in [0, 0.1) is 6.92 Å². The maximum absolute atomic E-state index is 13.0. The molecule has 0 radical (unpaired) electrons. The van der Waals surface area contributed by atoms with Crippen LogP contribution in [-0.4, -0.2) is 87.0 Å². The summed E-state index contributed by atoms with van der Waals surface area (Å²) < 4.78 is 23.7. The van der Waals surface area contributed by atoms with E-state index >= 15 is 0 Å². The number of nitrogens with zero attached hydrogens (tertiary/aromatic N) is 3. The van der Waals surface area contributed by atoms with Gasteiger partial charge in [0.1, 0.15) is 0 Å². The van der Waals surface area contributed by atoms with E-state index in [0.29, 0.717) is 44.8 Å². The topological polar surface area (TPSA) is 78.0 Å². The third kappa shape index (κ3) is 5.54. The molecule has 8 heteroatoms. The zero-order valence-electron chi connectivity index (χ0n) is 17.3. The van der Waals surface area contributed by atoms with Gasteiger partial charge in [-0.15, -0.1) is 0 Å². The molecule has 1 heterocycles. The van der Waals surface area contributed by atoms with Crippen molar-refractivity contribution in [1.82, 2.24) is 14.7 Å². The second-order valence-corrected chi connectivity index (χ2v) is 9.25. The number of carbonyl (C=O) groups excluding carboxylic acids is 2. The summed E-state index contributed by atoms with van der Waals surface area (Å²) in [5, 5.41) is 0. The van der Waals surface area contributed by atoms with Gasteiger partial charge in [0.2, 0.25) is 5.91 Å². The summed E-state index contributed by atoms with van der Waals surface area (Å²) in [5.41, 5.74) is 1.19. The molecular weight excluding hydrogens is 378 g/mol. The van der Waals surface area contributed by atoms with Gasteiger partial charge in [-0.3, -0.25) is 14.5 Å². The zero-order valence-corrected chi connectivity index (χ0v) is 18.1. The first-order valence-electron chi connectivity index (χ1n) is 9.77. The minimum atomic E-state index is -3.37. The quantitative estimate of drug-likeness (QED) is 0.710. The Morgan fingerprint density at radius 2 is 1.75 bits per heavy atom. The Hall–Kier alpha value is -1.93. The normalized spacial score (nSPS) is 15.9. The van der Waals surface area contributed by atoms with E-state index in [9.17, 15) is 18.0 Å². The zero-order chi connectivity index (χ0) is 20.9. The van der Waals surface area contributed by atoms with Crippen molar-refractivity contribution in [2.75, 3.05) is 52.1 Å². The van der Waals surface area contributed by atoms with Gasteiger partial charge < -0.3 is 9.80 Å². The molecule has 0 spiro atoms. The van der Waals surface area contributed by atoms with Crippen molar-refractivity contribution in [3.63, 3.8) is 0 Å². The molecule has 1 fully saturated rings. The van der Waals surface area contributed by atoms with Gasteiger partial charge in [0.15, 0.2) is 9.84 Å². The summed E-state index contributed by atoms with van der Waals surface area (Å²) in [6.45, 7) is 10.0. The molecule has 2 amide bonds. The Balaban J connectivity index is 2.08. The molecule has 0 bridgehead atoms. The Labute approximate surface area is 168 Å². The van der Waals surface area contributed by atoms with Crippen molar-refractivity contribution < 1.29 is 18.0 Å². The molecule has 28 heavy (non-hydrogen) atoms. The monoisotopic (exact) mass is 409 g/mol. The van der Waals surface area contributed by atoms with Gasteiger partial charge in [-0.25, -0.2) is 8.42 Å². The van der Waals surface area contributed by atoms with Crippen molar-refractivity contribution >= 4 is 21.7 Å². The number of carbonyl (C=O) groups is 2. The van der Waals surface area contributed by atoms with Crippen LogP contribution in [0.15, 0.2) is 23.1 Å². The lowest BCUT2D eigenvalue weighted by Gasteiger charge is -2.25. The fraction of sp³-hybridized carbons (Fsp3) is 0.600. The second-order valence-electron chi connectivity index (χ2n) is 7.24. The van der Waals surface area contributed by atoms with E-state index in [2.05, 4.69) is 4.90 Å². The Morgan fingerprint density at radius 3 is 2.36 bits per heavy atom. The van der Waals surface area contributed by atoms with Crippen LogP contribution in [0.1, 0.15) is 36.2 Å². The van der Waals surface area contributed by atoms with Gasteiger partial charge in [0.05, 0.1) is 11.4 Å². The van der Waals surface area contributed by atoms with E-state index in [1.807, 2.05) is 25.7 Å². The minimum Gasteiger partial charge on any atom is -0.342 e. The third-order valence-corrected chi connectivity index (χ3v) is 6.33. The average Bonchev–Trinajstić information content (AvgIpc) is 2.87. The molecular formula is C20H31N3O4S. The van der Waals surface area contributed by atoms with Crippen molar-refractivity contribution in [3.05, 3.63) is 29.3 Å². The number of rotatable bonds is 6. The van der Waals surface area contributed by atoms with Gasteiger partial charge >= 0.3 is 0 Å². The lowest BCUT2D eigenvalue weighted by atomic mass is 10.1. The van der Waals surface area contributed by atoms with Crippen LogP contribution in [0.25, 0.3) is 0 Å². The van der Waals surface area contributed by atoms with Gasteiger partial charge in [0.25, 0.3) is 5.91 Å². The van der Waals surface area contributed by atoms with Crippen LogP contribution >= 0.6 is 0 Å². The van der Waals surface area contributed by atoms with Crippen molar-refractivity contribution in [2.24, 2.45) is 0 Å². The molecule has 0 atom stereocenters. The summed E-state index contributed by atoms with van der Waals surface area (Å²) in [6.07, 6.45) is 1.92. The Kier molecular flexibility index (Phi) is 7.60. The molecule has 0 saturated carbocycles. The van der Waals surface area contributed by atoms with E-state index in [1.165, 1.54) is 12.1 Å². The molecule has 0 aromatic heterocycles. The molecule has 156 valence electrons. The van der Waals surface area contributed by atoms with E-state index in [-0.39, 0.29) is 16.7 Å².